The molecular formula is C16H30N2O3. The first kappa shape index (κ1) is 18.0. The molecule has 0 bridgehead atoms. The molecule has 0 aliphatic carbocycles. The molecule has 2 amide bonds. The number of nitrogens with one attached hydrogen (secondary N) is 1. The summed E-state index contributed by atoms with van der Waals surface area (Å²) in [6.45, 7) is 13.0. The molecule has 0 aromatic heterocycles. The number of amides is 2. The van der Waals surface area contributed by atoms with Crippen molar-refractivity contribution < 1.29 is 14.3 Å². The van der Waals surface area contributed by atoms with E-state index in [-0.39, 0.29) is 35.7 Å². The SMILES string of the molecule is CCOCC(C(C)C)N1C(=O)C(C(C)C)NC(=O)C1CC. The van der Waals surface area contributed by atoms with Gasteiger partial charge in [0, 0.05) is 6.61 Å². The molecule has 5 nitrogen and oxygen atoms in total. The van der Waals surface area contributed by atoms with E-state index < -0.39 is 6.04 Å². The van der Waals surface area contributed by atoms with Crippen LogP contribution in [0, 0.1) is 11.8 Å². The molecule has 1 heterocycles. The minimum Gasteiger partial charge on any atom is -0.380 e. The van der Waals surface area contributed by atoms with Gasteiger partial charge in [0.2, 0.25) is 11.8 Å². The van der Waals surface area contributed by atoms with E-state index in [0.717, 1.165) is 0 Å². The molecule has 3 atom stereocenters. The van der Waals surface area contributed by atoms with Crippen LogP contribution < -0.4 is 5.32 Å². The highest BCUT2D eigenvalue weighted by molar-refractivity contribution is 5.97. The first-order chi connectivity index (χ1) is 9.84. The van der Waals surface area contributed by atoms with Crippen LogP contribution in [-0.2, 0) is 14.3 Å². The van der Waals surface area contributed by atoms with E-state index in [0.29, 0.717) is 19.6 Å². The standard InChI is InChI=1S/C16H30N2O3/c1-7-12-15(19)17-14(11(5)6)16(20)18(12)13(10(3)4)9-21-8-2/h10-14H,7-9H2,1-6H3,(H,17,19). The average molecular weight is 298 g/mol. The summed E-state index contributed by atoms with van der Waals surface area (Å²) in [5.41, 5.74) is 0. The minimum absolute atomic E-state index is 0.0230. The predicted molar refractivity (Wildman–Crippen MR) is 82.8 cm³/mol. The largest absolute Gasteiger partial charge is 0.380 e. The number of hydrogen-bond acceptors (Lipinski definition) is 3. The number of carbonyl (C=O) groups excluding carboxylic acids is 2. The lowest BCUT2D eigenvalue weighted by atomic mass is 9.92. The van der Waals surface area contributed by atoms with Crippen LogP contribution in [0.3, 0.4) is 0 Å². The highest BCUT2D eigenvalue weighted by Gasteiger charge is 2.44. The minimum atomic E-state index is -0.428. The Morgan fingerprint density at radius 2 is 1.81 bits per heavy atom. The highest BCUT2D eigenvalue weighted by Crippen LogP contribution is 2.24. The van der Waals surface area contributed by atoms with Crippen LogP contribution in [0.1, 0.15) is 48.0 Å². The summed E-state index contributed by atoms with van der Waals surface area (Å²) in [5, 5.41) is 2.88. The zero-order chi connectivity index (χ0) is 16.2. The smallest absolute Gasteiger partial charge is 0.246 e. The molecule has 1 N–H and O–H groups in total. The fraction of sp³-hybridized carbons (Fsp3) is 0.875. The Kier molecular flexibility index (Phi) is 6.65. The predicted octanol–water partition coefficient (Wildman–Crippen LogP) is 1.81. The Hall–Kier alpha value is -1.10. The van der Waals surface area contributed by atoms with Gasteiger partial charge in [-0.15, -0.1) is 0 Å². The van der Waals surface area contributed by atoms with Crippen LogP contribution >= 0.6 is 0 Å². The third kappa shape index (κ3) is 3.96. The molecule has 0 aromatic carbocycles. The monoisotopic (exact) mass is 298 g/mol. The normalized spacial score (nSPS) is 24.7. The van der Waals surface area contributed by atoms with Crippen molar-refractivity contribution in [2.45, 2.75) is 66.1 Å². The number of nitrogens with zero attached hydrogens (tertiary/aromatic N) is 1. The zero-order valence-corrected chi connectivity index (χ0v) is 14.2. The molecule has 0 aromatic rings. The van der Waals surface area contributed by atoms with E-state index in [9.17, 15) is 9.59 Å². The van der Waals surface area contributed by atoms with E-state index in [1.807, 2.05) is 27.7 Å². The van der Waals surface area contributed by atoms with Gasteiger partial charge in [0.1, 0.15) is 12.1 Å². The Bertz CT molecular complexity index is 369. The topological polar surface area (TPSA) is 58.6 Å². The molecule has 1 aliphatic rings. The van der Waals surface area contributed by atoms with Crippen LogP contribution in [0.4, 0.5) is 0 Å². The van der Waals surface area contributed by atoms with Crippen molar-refractivity contribution in [3.63, 3.8) is 0 Å². The summed E-state index contributed by atoms with van der Waals surface area (Å²) < 4.78 is 5.56. The fourth-order valence-corrected chi connectivity index (χ4v) is 2.81. The molecule has 122 valence electrons. The maximum Gasteiger partial charge on any atom is 0.246 e. The summed E-state index contributed by atoms with van der Waals surface area (Å²) >= 11 is 0. The molecule has 3 unspecified atom stereocenters. The molecule has 1 aliphatic heterocycles. The van der Waals surface area contributed by atoms with Crippen molar-refractivity contribution in [3.05, 3.63) is 0 Å². The summed E-state index contributed by atoms with van der Waals surface area (Å²) in [6.07, 6.45) is 0.623. The zero-order valence-electron chi connectivity index (χ0n) is 14.2. The van der Waals surface area contributed by atoms with Crippen LogP contribution in [0.25, 0.3) is 0 Å². The first-order valence-corrected chi connectivity index (χ1v) is 8.05. The van der Waals surface area contributed by atoms with Crippen LogP contribution in [-0.4, -0.2) is 48.1 Å². The van der Waals surface area contributed by atoms with Gasteiger partial charge in [-0.3, -0.25) is 9.59 Å². The Morgan fingerprint density at radius 3 is 2.24 bits per heavy atom. The van der Waals surface area contributed by atoms with Gasteiger partial charge in [-0.2, -0.15) is 0 Å². The molecule has 1 rings (SSSR count). The van der Waals surface area contributed by atoms with Crippen molar-refractivity contribution in [1.82, 2.24) is 10.2 Å². The van der Waals surface area contributed by atoms with Gasteiger partial charge in [-0.25, -0.2) is 0 Å². The summed E-state index contributed by atoms with van der Waals surface area (Å²) in [6, 6.07) is -0.877. The number of ether oxygens (including phenoxy) is 1. The quantitative estimate of drug-likeness (QED) is 0.780. The van der Waals surface area contributed by atoms with E-state index in [4.69, 9.17) is 4.74 Å². The summed E-state index contributed by atoms with van der Waals surface area (Å²) in [4.78, 5) is 27.0. The van der Waals surface area contributed by atoms with Gasteiger partial charge in [-0.05, 0) is 25.2 Å². The van der Waals surface area contributed by atoms with E-state index in [2.05, 4.69) is 19.2 Å². The van der Waals surface area contributed by atoms with Gasteiger partial charge in [0.15, 0.2) is 0 Å². The lowest BCUT2D eigenvalue weighted by Crippen LogP contribution is -2.68. The second-order valence-corrected chi connectivity index (χ2v) is 6.37. The summed E-state index contributed by atoms with van der Waals surface area (Å²) in [7, 11) is 0. The van der Waals surface area contributed by atoms with Gasteiger partial charge in [0.25, 0.3) is 0 Å². The lowest BCUT2D eigenvalue weighted by Gasteiger charge is -2.45. The molecule has 0 saturated carbocycles. The van der Waals surface area contributed by atoms with Gasteiger partial charge in [0.05, 0.1) is 12.6 Å². The third-order valence-electron chi connectivity index (χ3n) is 4.13. The van der Waals surface area contributed by atoms with Crippen molar-refractivity contribution in [2.24, 2.45) is 11.8 Å². The van der Waals surface area contributed by atoms with Crippen molar-refractivity contribution in [1.29, 1.82) is 0 Å². The van der Waals surface area contributed by atoms with Gasteiger partial charge in [-0.1, -0.05) is 34.6 Å². The van der Waals surface area contributed by atoms with Crippen molar-refractivity contribution in [2.75, 3.05) is 13.2 Å². The van der Waals surface area contributed by atoms with E-state index >= 15 is 0 Å². The maximum absolute atomic E-state index is 12.8. The maximum atomic E-state index is 12.8. The number of piperazine rings is 1. The molecular weight excluding hydrogens is 268 g/mol. The Balaban J connectivity index is 3.09. The van der Waals surface area contributed by atoms with E-state index in [1.54, 1.807) is 4.90 Å². The molecule has 0 spiro atoms. The molecule has 5 heteroatoms. The van der Waals surface area contributed by atoms with Crippen molar-refractivity contribution >= 4 is 11.8 Å². The van der Waals surface area contributed by atoms with Gasteiger partial charge < -0.3 is 15.0 Å². The Morgan fingerprint density at radius 1 is 1.19 bits per heavy atom. The van der Waals surface area contributed by atoms with Crippen LogP contribution in [0.15, 0.2) is 0 Å². The van der Waals surface area contributed by atoms with Gasteiger partial charge >= 0.3 is 0 Å². The number of carbonyl (C=O) groups is 2. The number of rotatable bonds is 7. The first-order valence-electron chi connectivity index (χ1n) is 8.05. The second-order valence-electron chi connectivity index (χ2n) is 6.37. The Labute approximate surface area is 128 Å². The van der Waals surface area contributed by atoms with E-state index in [1.165, 1.54) is 0 Å². The molecule has 21 heavy (non-hydrogen) atoms. The molecule has 0 radical (unpaired) electrons. The third-order valence-corrected chi connectivity index (χ3v) is 4.13. The molecule has 1 fully saturated rings. The highest BCUT2D eigenvalue weighted by atomic mass is 16.5. The molecule has 1 saturated heterocycles. The average Bonchev–Trinajstić information content (AvgIpc) is 2.41. The lowest BCUT2D eigenvalue weighted by molar-refractivity contribution is -0.156. The van der Waals surface area contributed by atoms with Crippen LogP contribution in [0.5, 0.6) is 0 Å². The fourth-order valence-electron chi connectivity index (χ4n) is 2.81. The van der Waals surface area contributed by atoms with Crippen molar-refractivity contribution in [3.8, 4) is 0 Å². The van der Waals surface area contributed by atoms with Crippen LogP contribution in [0.2, 0.25) is 0 Å². The number of hydrogen-bond donors (Lipinski definition) is 1. The summed E-state index contributed by atoms with van der Waals surface area (Å²) in [5.74, 6) is 0.308. The second kappa shape index (κ2) is 7.78.